The molecule has 122 valence electrons. The fourth-order valence-corrected chi connectivity index (χ4v) is 3.82. The summed E-state index contributed by atoms with van der Waals surface area (Å²) in [5, 5.41) is 24.4. The molecule has 2 bridgehead atoms. The number of aromatic amines is 1. The highest BCUT2D eigenvalue weighted by Gasteiger charge is 2.36. The Morgan fingerprint density at radius 2 is 2.13 bits per heavy atom. The zero-order valence-corrected chi connectivity index (χ0v) is 12.7. The molecule has 0 saturated carbocycles. The smallest absolute Gasteiger partial charge is 0.413 e. The van der Waals surface area contributed by atoms with Crippen LogP contribution < -0.4 is 21.0 Å². The fraction of sp³-hybridized carbons (Fsp3) is 0.500. The van der Waals surface area contributed by atoms with Crippen LogP contribution in [-0.2, 0) is 13.6 Å². The summed E-state index contributed by atoms with van der Waals surface area (Å²) in [5.41, 5.74) is 0.840. The number of rotatable bonds is 1. The summed E-state index contributed by atoms with van der Waals surface area (Å²) in [4.78, 5) is 17.7. The molecule has 0 spiro atoms. The van der Waals surface area contributed by atoms with E-state index in [2.05, 4.69) is 15.0 Å². The van der Waals surface area contributed by atoms with Gasteiger partial charge >= 0.3 is 11.6 Å². The first-order valence-electron chi connectivity index (χ1n) is 7.58. The second-order valence-corrected chi connectivity index (χ2v) is 6.27. The lowest BCUT2D eigenvalue weighted by Gasteiger charge is -2.42. The second kappa shape index (κ2) is 4.90. The molecule has 0 radical (unpaired) electrons. The van der Waals surface area contributed by atoms with Gasteiger partial charge in [0.1, 0.15) is 0 Å². The minimum atomic E-state index is -0.525. The van der Waals surface area contributed by atoms with E-state index in [1.54, 1.807) is 23.9 Å². The van der Waals surface area contributed by atoms with Crippen molar-refractivity contribution in [3.05, 3.63) is 50.3 Å². The predicted octanol–water partition coefficient (Wildman–Crippen LogP) is -0.699. The predicted molar refractivity (Wildman–Crippen MR) is 83.3 cm³/mol. The summed E-state index contributed by atoms with van der Waals surface area (Å²) in [6, 6.07) is 5.39. The van der Waals surface area contributed by atoms with Crippen molar-refractivity contribution in [2.75, 3.05) is 18.0 Å². The van der Waals surface area contributed by atoms with E-state index in [1.165, 1.54) is 0 Å². The average Bonchev–Trinajstić information content (AvgIpc) is 2.90. The van der Waals surface area contributed by atoms with E-state index in [9.17, 15) is 15.2 Å². The van der Waals surface area contributed by atoms with E-state index >= 15 is 0 Å². The molecule has 4 rings (SSSR count). The van der Waals surface area contributed by atoms with E-state index in [4.69, 9.17) is 0 Å². The van der Waals surface area contributed by atoms with Crippen molar-refractivity contribution in [1.82, 2.24) is 24.2 Å². The van der Waals surface area contributed by atoms with E-state index in [0.717, 1.165) is 18.7 Å². The number of piperidine rings is 1. The first kappa shape index (κ1) is 13.9. The van der Waals surface area contributed by atoms with Crippen LogP contribution in [0.1, 0.15) is 18.0 Å². The average molecular weight is 317 g/mol. The maximum atomic E-state index is 12.0. The van der Waals surface area contributed by atoms with Crippen molar-refractivity contribution in [2.24, 2.45) is 13.0 Å². The summed E-state index contributed by atoms with van der Waals surface area (Å²) >= 11 is 0. The number of H-pyrrole nitrogens is 1. The third-order valence-electron chi connectivity index (χ3n) is 4.71. The van der Waals surface area contributed by atoms with Gasteiger partial charge in [-0.3, -0.25) is 9.70 Å². The molecule has 9 nitrogen and oxygen atoms in total. The van der Waals surface area contributed by atoms with Gasteiger partial charge in [0, 0.05) is 44.4 Å². The van der Waals surface area contributed by atoms with Gasteiger partial charge in [0.05, 0.1) is 0 Å². The largest absolute Gasteiger partial charge is 0.744 e. The number of nitrogens with one attached hydrogen (secondary N) is 1. The molecule has 2 aliphatic heterocycles. The monoisotopic (exact) mass is 317 g/mol. The van der Waals surface area contributed by atoms with Crippen molar-refractivity contribution in [1.29, 1.82) is 0 Å². The maximum absolute atomic E-state index is 12.0. The SMILES string of the molecule is Cn1[nH]c(=[N+]([O-])[O-])nc1N1CC2CC(C1)c1cccc(=O)n1C2. The van der Waals surface area contributed by atoms with Crippen molar-refractivity contribution < 1.29 is 0 Å². The quantitative estimate of drug-likeness (QED) is 0.700. The van der Waals surface area contributed by atoms with Gasteiger partial charge < -0.3 is 19.9 Å². The van der Waals surface area contributed by atoms with Gasteiger partial charge in [0.15, 0.2) is 0 Å². The minimum Gasteiger partial charge on any atom is -0.744 e. The van der Waals surface area contributed by atoms with Gasteiger partial charge in [0.25, 0.3) is 5.56 Å². The molecule has 2 atom stereocenters. The van der Waals surface area contributed by atoms with Crippen molar-refractivity contribution in [2.45, 2.75) is 18.9 Å². The number of hydrogen-bond acceptors (Lipinski definition) is 5. The number of aryl methyl sites for hydroxylation is 1. The zero-order valence-electron chi connectivity index (χ0n) is 12.7. The molecule has 4 heterocycles. The number of anilines is 1. The van der Waals surface area contributed by atoms with Gasteiger partial charge in [0.2, 0.25) is 0 Å². The molecule has 2 aromatic rings. The number of pyridine rings is 1. The van der Waals surface area contributed by atoms with E-state index in [0.29, 0.717) is 25.0 Å². The summed E-state index contributed by atoms with van der Waals surface area (Å²) in [5.74, 6) is 1.15. The van der Waals surface area contributed by atoms with Crippen molar-refractivity contribution in [3.63, 3.8) is 0 Å². The maximum Gasteiger partial charge on any atom is 0.413 e. The molecule has 2 aliphatic rings. The summed E-state index contributed by atoms with van der Waals surface area (Å²) in [7, 11) is 1.72. The Morgan fingerprint density at radius 3 is 2.87 bits per heavy atom. The van der Waals surface area contributed by atoms with Crippen LogP contribution >= 0.6 is 0 Å². The van der Waals surface area contributed by atoms with Crippen LogP contribution in [0.3, 0.4) is 0 Å². The molecule has 1 saturated heterocycles. The Hall–Kier alpha value is -2.71. The van der Waals surface area contributed by atoms with E-state index in [1.807, 2.05) is 10.6 Å². The highest BCUT2D eigenvalue weighted by molar-refractivity contribution is 5.33. The highest BCUT2D eigenvalue weighted by atomic mass is 16.8. The Kier molecular flexibility index (Phi) is 2.97. The van der Waals surface area contributed by atoms with Crippen molar-refractivity contribution in [3.8, 4) is 0 Å². The van der Waals surface area contributed by atoms with Gasteiger partial charge in [-0.1, -0.05) is 6.07 Å². The van der Waals surface area contributed by atoms with E-state index < -0.39 is 4.90 Å². The molecule has 0 amide bonds. The van der Waals surface area contributed by atoms with Crippen LogP contribution in [-0.4, -0.2) is 32.4 Å². The lowest BCUT2D eigenvalue weighted by molar-refractivity contribution is 0.278. The first-order valence-corrected chi connectivity index (χ1v) is 7.58. The summed E-state index contributed by atoms with van der Waals surface area (Å²) in [6.45, 7) is 2.14. The molecular weight excluding hydrogens is 300 g/mol. The number of aromatic nitrogens is 4. The molecule has 1 N–H and O–H groups in total. The molecular formula is C14H17N6O3-. The highest BCUT2D eigenvalue weighted by Crippen LogP contribution is 2.35. The lowest BCUT2D eigenvalue weighted by Crippen LogP contribution is -2.47. The van der Waals surface area contributed by atoms with Crippen LogP contribution in [0.5, 0.6) is 0 Å². The van der Waals surface area contributed by atoms with Crippen LogP contribution in [0.4, 0.5) is 5.95 Å². The Morgan fingerprint density at radius 1 is 1.30 bits per heavy atom. The molecule has 2 aromatic heterocycles. The van der Waals surface area contributed by atoms with Gasteiger partial charge in [-0.2, -0.15) is 9.78 Å². The standard InChI is InChI=1S/C14H17N6O3/c1-17-14(15-13(16-17)20(22)23)18-6-9-5-10(8-18)11-3-2-4-12(21)19(11)7-9/h2-4,9-10,16H,5-8H2,1H3/q-1. The number of fused-ring (bicyclic) bond motifs is 4. The third kappa shape index (κ3) is 2.19. The number of nitrogens with zero attached hydrogens (tertiary/aromatic N) is 5. The molecule has 0 aromatic carbocycles. The molecule has 9 heteroatoms. The minimum absolute atomic E-state index is 0.0478. The number of hydrogen-bond donors (Lipinski definition) is 1. The van der Waals surface area contributed by atoms with Gasteiger partial charge in [-0.05, 0) is 23.4 Å². The molecule has 2 unspecified atom stereocenters. The topological polar surface area (TPSA) is 108 Å². The van der Waals surface area contributed by atoms with Crippen molar-refractivity contribution >= 4 is 5.95 Å². The first-order chi connectivity index (χ1) is 11.0. The Balaban J connectivity index is 1.72. The Labute approximate surface area is 131 Å². The van der Waals surface area contributed by atoms with E-state index in [-0.39, 0.29) is 17.1 Å². The van der Waals surface area contributed by atoms with Crippen LogP contribution in [0, 0.1) is 16.3 Å². The van der Waals surface area contributed by atoms with Crippen LogP contribution in [0.25, 0.3) is 0 Å². The second-order valence-electron chi connectivity index (χ2n) is 6.27. The molecule has 0 aliphatic carbocycles. The Bertz CT molecular complexity index is 875. The normalized spacial score (nSPS) is 22.7. The summed E-state index contributed by atoms with van der Waals surface area (Å²) < 4.78 is 3.44. The van der Waals surface area contributed by atoms with Crippen LogP contribution in [0.15, 0.2) is 23.0 Å². The third-order valence-corrected chi connectivity index (χ3v) is 4.71. The zero-order chi connectivity index (χ0) is 16.1. The lowest BCUT2D eigenvalue weighted by atomic mass is 9.83. The van der Waals surface area contributed by atoms with Crippen LogP contribution in [0.2, 0.25) is 0 Å². The molecule has 23 heavy (non-hydrogen) atoms. The molecule has 1 fully saturated rings. The fourth-order valence-electron chi connectivity index (χ4n) is 3.82. The summed E-state index contributed by atoms with van der Waals surface area (Å²) in [6.07, 6.45) is 1.04. The van der Waals surface area contributed by atoms with Gasteiger partial charge in [-0.25, -0.2) is 0 Å². The van der Waals surface area contributed by atoms with Gasteiger partial charge in [-0.15, -0.1) is 0 Å².